The van der Waals surface area contributed by atoms with Gasteiger partial charge in [0.25, 0.3) is 5.56 Å². The zero-order chi connectivity index (χ0) is 19.3. The maximum Gasteiger partial charge on any atom is 0.255 e. The van der Waals surface area contributed by atoms with Gasteiger partial charge in [0.1, 0.15) is 0 Å². The summed E-state index contributed by atoms with van der Waals surface area (Å²) in [5.41, 5.74) is 4.45. The lowest BCUT2D eigenvalue weighted by Gasteiger charge is -2.27. The number of nitrogens with zero attached hydrogens (tertiary/aromatic N) is 5. The van der Waals surface area contributed by atoms with Crippen LogP contribution in [0.15, 0.2) is 17.6 Å². The maximum absolute atomic E-state index is 12.7. The Morgan fingerprint density at radius 1 is 1.32 bits per heavy atom. The van der Waals surface area contributed by atoms with Crippen LogP contribution in [0.5, 0.6) is 0 Å². The molecule has 2 aliphatic heterocycles. The van der Waals surface area contributed by atoms with Crippen molar-refractivity contribution in [2.45, 2.75) is 45.1 Å². The van der Waals surface area contributed by atoms with Crippen molar-refractivity contribution in [3.63, 3.8) is 0 Å². The van der Waals surface area contributed by atoms with E-state index < -0.39 is 0 Å². The molecule has 7 heteroatoms. The van der Waals surface area contributed by atoms with Gasteiger partial charge in [0.05, 0.1) is 11.9 Å². The molecule has 1 aliphatic carbocycles. The number of anilines is 1. The van der Waals surface area contributed by atoms with Crippen LogP contribution in [0.1, 0.15) is 47.7 Å². The molecule has 1 N–H and O–H groups in total. The van der Waals surface area contributed by atoms with Crippen molar-refractivity contribution >= 4 is 12.1 Å². The number of likely N-dealkylation sites (tertiary alicyclic amines) is 1. The van der Waals surface area contributed by atoms with Gasteiger partial charge in [-0.2, -0.15) is 5.10 Å². The number of nitrogens with one attached hydrogen (secondary N) is 1. The molecule has 148 valence electrons. The molecular formula is C21H28N6O. The molecule has 2 aromatic rings. The predicted octanol–water partition coefficient (Wildman–Crippen LogP) is 2.14. The van der Waals surface area contributed by atoms with Crippen molar-refractivity contribution in [3.8, 4) is 0 Å². The number of aromatic amines is 1. The van der Waals surface area contributed by atoms with Crippen molar-refractivity contribution in [2.75, 3.05) is 31.1 Å². The summed E-state index contributed by atoms with van der Waals surface area (Å²) in [6.45, 7) is 10.8. The molecule has 0 unspecified atom stereocenters. The zero-order valence-electron chi connectivity index (χ0n) is 16.5. The van der Waals surface area contributed by atoms with E-state index in [0.717, 1.165) is 68.5 Å². The van der Waals surface area contributed by atoms with E-state index in [1.807, 2.05) is 10.9 Å². The number of hydrogen-bond donors (Lipinski definition) is 1. The number of hydrogen-bond acceptors (Lipinski definition) is 5. The smallest absolute Gasteiger partial charge is 0.255 e. The largest absolute Gasteiger partial charge is 0.342 e. The lowest BCUT2D eigenvalue weighted by atomic mass is 9.80. The second-order valence-corrected chi connectivity index (χ2v) is 8.43. The second-order valence-electron chi connectivity index (χ2n) is 8.43. The topological polar surface area (TPSA) is 70.1 Å². The minimum Gasteiger partial charge on any atom is -0.342 e. The van der Waals surface area contributed by atoms with E-state index in [1.54, 1.807) is 6.20 Å². The van der Waals surface area contributed by atoms with Crippen molar-refractivity contribution in [2.24, 2.45) is 5.92 Å². The Balaban J connectivity index is 1.40. The molecule has 4 heterocycles. The highest BCUT2D eigenvalue weighted by atomic mass is 16.1. The lowest BCUT2D eigenvalue weighted by molar-refractivity contribution is 0.313. The highest BCUT2D eigenvalue weighted by Crippen LogP contribution is 2.40. The molecule has 7 nitrogen and oxygen atoms in total. The molecule has 0 spiro atoms. The van der Waals surface area contributed by atoms with E-state index in [0.29, 0.717) is 11.8 Å². The van der Waals surface area contributed by atoms with Crippen LogP contribution in [0, 0.1) is 12.8 Å². The Kier molecular flexibility index (Phi) is 4.34. The lowest BCUT2D eigenvalue weighted by Crippen LogP contribution is -2.31. The summed E-state index contributed by atoms with van der Waals surface area (Å²) in [7, 11) is 0. The summed E-state index contributed by atoms with van der Waals surface area (Å²) in [6, 6.07) is 0. The van der Waals surface area contributed by atoms with E-state index in [1.165, 1.54) is 18.4 Å². The number of rotatable bonds is 4. The normalized spacial score (nSPS) is 24.4. The summed E-state index contributed by atoms with van der Waals surface area (Å²) >= 11 is 0. The Labute approximate surface area is 165 Å². The van der Waals surface area contributed by atoms with Gasteiger partial charge >= 0.3 is 0 Å². The van der Waals surface area contributed by atoms with Crippen molar-refractivity contribution in [1.82, 2.24) is 24.6 Å². The first-order chi connectivity index (χ1) is 13.6. The minimum atomic E-state index is 0.0758. The number of fused-ring (bicyclic) bond motifs is 3. The highest BCUT2D eigenvalue weighted by Gasteiger charge is 2.40. The average molecular weight is 380 g/mol. The van der Waals surface area contributed by atoms with Gasteiger partial charge in [0.15, 0.2) is 0 Å². The van der Waals surface area contributed by atoms with Crippen LogP contribution in [0.2, 0.25) is 0 Å². The van der Waals surface area contributed by atoms with Crippen LogP contribution in [0.3, 0.4) is 0 Å². The van der Waals surface area contributed by atoms with Crippen molar-refractivity contribution < 1.29 is 0 Å². The van der Waals surface area contributed by atoms with E-state index in [2.05, 4.69) is 33.4 Å². The Morgan fingerprint density at radius 2 is 2.14 bits per heavy atom. The molecule has 2 aromatic heterocycles. The average Bonchev–Trinajstić information content (AvgIpc) is 3.42. The van der Waals surface area contributed by atoms with Gasteiger partial charge in [-0.25, -0.2) is 9.67 Å². The fraction of sp³-hybridized carbons (Fsp3) is 0.571. The molecule has 0 bridgehead atoms. The first kappa shape index (κ1) is 17.7. The third kappa shape index (κ3) is 2.89. The summed E-state index contributed by atoms with van der Waals surface area (Å²) in [6.07, 6.45) is 7.97. The van der Waals surface area contributed by atoms with Crippen LogP contribution in [0.4, 0.5) is 5.95 Å². The zero-order valence-corrected chi connectivity index (χ0v) is 16.5. The van der Waals surface area contributed by atoms with E-state index in [9.17, 15) is 4.79 Å². The van der Waals surface area contributed by atoms with Gasteiger partial charge in [-0.1, -0.05) is 6.58 Å². The maximum atomic E-state index is 12.7. The highest BCUT2D eigenvalue weighted by molar-refractivity contribution is 5.38. The monoisotopic (exact) mass is 380 g/mol. The Bertz CT molecular complexity index is 954. The summed E-state index contributed by atoms with van der Waals surface area (Å²) in [5.74, 6) is 1.73. The summed E-state index contributed by atoms with van der Waals surface area (Å²) in [5, 5.41) is 4.38. The van der Waals surface area contributed by atoms with Crippen molar-refractivity contribution in [3.05, 3.63) is 45.6 Å². The molecule has 0 radical (unpaired) electrons. The fourth-order valence-electron chi connectivity index (χ4n) is 5.19. The minimum absolute atomic E-state index is 0.0758. The Morgan fingerprint density at radius 3 is 2.89 bits per heavy atom. The van der Waals surface area contributed by atoms with E-state index in [4.69, 9.17) is 4.98 Å². The SMILES string of the molecule is C=Cn1ncc(CN2C[C@H]3CCc4c(nc(N5CCCC5)[nH]c4=O)[C@H]3C2)c1C. The second kappa shape index (κ2) is 6.88. The molecule has 0 aromatic carbocycles. The predicted molar refractivity (Wildman–Crippen MR) is 109 cm³/mol. The van der Waals surface area contributed by atoms with Gasteiger partial charge in [-0.3, -0.25) is 14.7 Å². The summed E-state index contributed by atoms with van der Waals surface area (Å²) in [4.78, 5) is 25.5. The third-order valence-electron chi connectivity index (χ3n) is 6.79. The standard InChI is InChI=1S/C21H28N6O/c1-3-27-14(2)16(10-22-27)12-25-11-15-6-7-17-19(18(15)13-25)23-21(24-20(17)28)26-8-4-5-9-26/h3,10,15,18H,1,4-9,11-13H2,2H3,(H,23,24,28)/t15-,18+/m1/s1. The van der Waals surface area contributed by atoms with Crippen LogP contribution in [0.25, 0.3) is 6.20 Å². The molecule has 5 rings (SSSR count). The van der Waals surface area contributed by atoms with Crippen LogP contribution in [-0.2, 0) is 13.0 Å². The van der Waals surface area contributed by atoms with E-state index in [-0.39, 0.29) is 5.56 Å². The van der Waals surface area contributed by atoms with Gasteiger partial charge in [0, 0.05) is 61.7 Å². The van der Waals surface area contributed by atoms with Gasteiger partial charge < -0.3 is 4.90 Å². The van der Waals surface area contributed by atoms with Crippen LogP contribution < -0.4 is 10.5 Å². The van der Waals surface area contributed by atoms with Crippen LogP contribution in [-0.4, -0.2) is 50.8 Å². The van der Waals surface area contributed by atoms with E-state index >= 15 is 0 Å². The molecule has 3 aliphatic rings. The summed E-state index contributed by atoms with van der Waals surface area (Å²) < 4.78 is 1.83. The fourth-order valence-corrected chi connectivity index (χ4v) is 5.19. The molecule has 0 saturated carbocycles. The first-order valence-corrected chi connectivity index (χ1v) is 10.4. The molecular weight excluding hydrogens is 352 g/mol. The van der Waals surface area contributed by atoms with Gasteiger partial charge in [-0.05, 0) is 38.5 Å². The third-order valence-corrected chi connectivity index (χ3v) is 6.79. The molecule has 2 atom stereocenters. The first-order valence-electron chi connectivity index (χ1n) is 10.4. The van der Waals surface area contributed by atoms with Crippen LogP contribution >= 0.6 is 0 Å². The quantitative estimate of drug-likeness (QED) is 0.880. The molecule has 28 heavy (non-hydrogen) atoms. The molecule has 0 amide bonds. The van der Waals surface area contributed by atoms with Gasteiger partial charge in [0.2, 0.25) is 5.95 Å². The molecule has 2 fully saturated rings. The number of H-pyrrole nitrogens is 1. The van der Waals surface area contributed by atoms with Crippen molar-refractivity contribution in [1.29, 1.82) is 0 Å². The number of aromatic nitrogens is 4. The Hall–Kier alpha value is -2.41. The molecule has 2 saturated heterocycles. The van der Waals surface area contributed by atoms with Gasteiger partial charge in [-0.15, -0.1) is 0 Å².